The highest BCUT2D eigenvalue weighted by Crippen LogP contribution is 2.28. The van der Waals surface area contributed by atoms with E-state index < -0.39 is 0 Å². The number of hydrazone groups is 1. The van der Waals surface area contributed by atoms with Crippen LogP contribution in [0, 0.1) is 6.92 Å². The molecule has 0 aliphatic heterocycles. The number of nitrogens with one attached hydrogen (secondary N) is 1. The van der Waals surface area contributed by atoms with Crippen molar-refractivity contribution in [1.29, 1.82) is 0 Å². The van der Waals surface area contributed by atoms with E-state index in [1.165, 1.54) is 0 Å². The maximum absolute atomic E-state index is 12.0. The minimum atomic E-state index is -0.320. The maximum atomic E-state index is 12.0. The number of carbonyl (C=O) groups excluding carboxylic acids is 1. The summed E-state index contributed by atoms with van der Waals surface area (Å²) < 4.78 is 16.1. The van der Waals surface area contributed by atoms with E-state index in [0.717, 1.165) is 16.8 Å². The maximum Gasteiger partial charge on any atom is 0.277 e. The molecule has 1 N–H and O–H groups in total. The van der Waals surface area contributed by atoms with Crippen LogP contribution < -0.4 is 19.6 Å². The fraction of sp³-hybridized carbons (Fsp3) is 0.300. The molecule has 2 aromatic carbocycles. The smallest absolute Gasteiger partial charge is 0.277 e. The summed E-state index contributed by atoms with van der Waals surface area (Å²) in [4.78, 5) is 12.0. The Bertz CT molecular complexity index is 787. The number of carbonyl (C=O) groups is 1. The number of benzene rings is 2. The average molecular weight is 356 g/mol. The van der Waals surface area contributed by atoms with Crippen LogP contribution in [0.2, 0.25) is 0 Å². The highest BCUT2D eigenvalue weighted by atomic mass is 16.5. The van der Waals surface area contributed by atoms with Crippen LogP contribution in [0.4, 0.5) is 0 Å². The first-order valence-corrected chi connectivity index (χ1v) is 8.35. The van der Waals surface area contributed by atoms with E-state index >= 15 is 0 Å². The van der Waals surface area contributed by atoms with Crippen molar-refractivity contribution in [3.63, 3.8) is 0 Å². The second-order valence-corrected chi connectivity index (χ2v) is 5.57. The first kappa shape index (κ1) is 19.3. The largest absolute Gasteiger partial charge is 0.493 e. The molecule has 0 aliphatic carbocycles. The highest BCUT2D eigenvalue weighted by molar-refractivity contribution is 6.01. The molecule has 0 radical (unpaired) electrons. The van der Waals surface area contributed by atoms with Gasteiger partial charge in [0.1, 0.15) is 5.75 Å². The van der Waals surface area contributed by atoms with E-state index in [2.05, 4.69) is 10.5 Å². The molecule has 26 heavy (non-hydrogen) atoms. The van der Waals surface area contributed by atoms with Crippen molar-refractivity contribution in [1.82, 2.24) is 5.43 Å². The van der Waals surface area contributed by atoms with Crippen molar-refractivity contribution in [2.75, 3.05) is 20.8 Å². The Morgan fingerprint density at radius 3 is 2.42 bits per heavy atom. The average Bonchev–Trinajstić information content (AvgIpc) is 2.67. The van der Waals surface area contributed by atoms with E-state index in [1.54, 1.807) is 14.2 Å². The zero-order valence-electron chi connectivity index (χ0n) is 15.5. The number of ether oxygens (including phenoxy) is 3. The van der Waals surface area contributed by atoms with Crippen LogP contribution in [0.5, 0.6) is 17.2 Å². The number of aryl methyl sites for hydroxylation is 1. The van der Waals surface area contributed by atoms with Gasteiger partial charge in [0, 0.05) is 5.56 Å². The lowest BCUT2D eigenvalue weighted by atomic mass is 10.1. The number of rotatable bonds is 8. The van der Waals surface area contributed by atoms with Crippen LogP contribution in [-0.2, 0) is 4.79 Å². The van der Waals surface area contributed by atoms with Crippen molar-refractivity contribution in [2.45, 2.75) is 20.3 Å². The van der Waals surface area contributed by atoms with Crippen molar-refractivity contribution < 1.29 is 19.0 Å². The lowest BCUT2D eigenvalue weighted by Gasteiger charge is -2.11. The van der Waals surface area contributed by atoms with Gasteiger partial charge in [0.2, 0.25) is 0 Å². The summed E-state index contributed by atoms with van der Waals surface area (Å²) in [6.45, 7) is 3.79. The number of hydrogen-bond donors (Lipinski definition) is 1. The van der Waals surface area contributed by atoms with Gasteiger partial charge in [-0.15, -0.1) is 0 Å². The van der Waals surface area contributed by atoms with Crippen molar-refractivity contribution >= 4 is 11.6 Å². The Kier molecular flexibility index (Phi) is 7.02. The van der Waals surface area contributed by atoms with Gasteiger partial charge in [0.15, 0.2) is 18.1 Å². The molecule has 0 spiro atoms. The molecular formula is C20H24N2O4. The molecule has 0 aromatic heterocycles. The molecule has 0 saturated heterocycles. The summed E-state index contributed by atoms with van der Waals surface area (Å²) in [5, 5.41) is 4.22. The van der Waals surface area contributed by atoms with Crippen molar-refractivity contribution in [3.8, 4) is 17.2 Å². The zero-order valence-corrected chi connectivity index (χ0v) is 15.5. The molecule has 0 unspecified atom stereocenters. The summed E-state index contributed by atoms with van der Waals surface area (Å²) in [5.74, 6) is 1.62. The van der Waals surface area contributed by atoms with Gasteiger partial charge in [-0.25, -0.2) is 5.43 Å². The molecule has 0 bridgehead atoms. The second kappa shape index (κ2) is 9.46. The van der Waals surface area contributed by atoms with Gasteiger partial charge in [0.25, 0.3) is 5.91 Å². The van der Waals surface area contributed by atoms with Gasteiger partial charge >= 0.3 is 0 Å². The molecule has 0 aliphatic rings. The second-order valence-electron chi connectivity index (χ2n) is 5.57. The van der Waals surface area contributed by atoms with Gasteiger partial charge in [-0.3, -0.25) is 4.79 Å². The molecule has 2 rings (SSSR count). The van der Waals surface area contributed by atoms with E-state index in [0.29, 0.717) is 23.7 Å². The number of nitrogens with zero attached hydrogens (tertiary/aromatic N) is 1. The molecule has 0 saturated carbocycles. The Labute approximate surface area is 153 Å². The van der Waals surface area contributed by atoms with Crippen LogP contribution >= 0.6 is 0 Å². The van der Waals surface area contributed by atoms with Crippen LogP contribution in [0.1, 0.15) is 24.5 Å². The Hall–Kier alpha value is -3.02. The number of hydrogen-bond acceptors (Lipinski definition) is 5. The van der Waals surface area contributed by atoms with Gasteiger partial charge in [0.05, 0.1) is 19.9 Å². The van der Waals surface area contributed by atoms with Gasteiger partial charge < -0.3 is 14.2 Å². The lowest BCUT2D eigenvalue weighted by Crippen LogP contribution is -2.26. The number of para-hydroxylation sites is 1. The lowest BCUT2D eigenvalue weighted by molar-refractivity contribution is -0.123. The van der Waals surface area contributed by atoms with Gasteiger partial charge in [-0.1, -0.05) is 25.1 Å². The van der Waals surface area contributed by atoms with Crippen molar-refractivity contribution in [3.05, 3.63) is 53.6 Å². The first-order valence-electron chi connectivity index (χ1n) is 8.35. The molecule has 1 amide bonds. The summed E-state index contributed by atoms with van der Waals surface area (Å²) in [7, 11) is 3.16. The van der Waals surface area contributed by atoms with Gasteiger partial charge in [-0.2, -0.15) is 5.10 Å². The fourth-order valence-corrected chi connectivity index (χ4v) is 2.39. The molecular weight excluding hydrogens is 332 g/mol. The minimum absolute atomic E-state index is 0.0999. The number of methoxy groups -OCH3 is 2. The molecule has 138 valence electrons. The van der Waals surface area contributed by atoms with E-state index in [1.807, 2.05) is 56.3 Å². The first-order chi connectivity index (χ1) is 12.6. The molecule has 6 nitrogen and oxygen atoms in total. The molecule has 2 aromatic rings. The molecule has 0 atom stereocenters. The van der Waals surface area contributed by atoms with Crippen LogP contribution in [0.25, 0.3) is 0 Å². The van der Waals surface area contributed by atoms with Crippen LogP contribution in [0.3, 0.4) is 0 Å². The third-order valence-electron chi connectivity index (χ3n) is 3.82. The van der Waals surface area contributed by atoms with Gasteiger partial charge in [-0.05, 0) is 43.2 Å². The van der Waals surface area contributed by atoms with E-state index in [4.69, 9.17) is 14.2 Å². The Morgan fingerprint density at radius 1 is 1.04 bits per heavy atom. The Morgan fingerprint density at radius 2 is 1.77 bits per heavy atom. The zero-order chi connectivity index (χ0) is 18.9. The summed E-state index contributed by atoms with van der Waals surface area (Å²) in [6, 6.07) is 13.1. The third-order valence-corrected chi connectivity index (χ3v) is 3.82. The molecule has 6 heteroatoms. The fourth-order valence-electron chi connectivity index (χ4n) is 2.39. The van der Waals surface area contributed by atoms with Crippen molar-refractivity contribution in [2.24, 2.45) is 5.10 Å². The topological polar surface area (TPSA) is 69.2 Å². The predicted octanol–water partition coefficient (Wildman–Crippen LogP) is 3.32. The minimum Gasteiger partial charge on any atom is -0.493 e. The highest BCUT2D eigenvalue weighted by Gasteiger charge is 2.09. The summed E-state index contributed by atoms with van der Waals surface area (Å²) >= 11 is 0. The normalized spacial score (nSPS) is 11.0. The number of amides is 1. The quantitative estimate of drug-likeness (QED) is 0.582. The standard InChI is InChI=1S/C20H24N2O4/c1-5-16(15-10-11-18(24-3)19(12-15)25-4)21-22-20(23)13-26-17-9-7-6-8-14(17)2/h6-12H,5,13H2,1-4H3,(H,22,23)/b21-16-. The monoisotopic (exact) mass is 356 g/mol. The van der Waals surface area contributed by atoms with Crippen LogP contribution in [0.15, 0.2) is 47.6 Å². The molecule has 0 heterocycles. The summed E-state index contributed by atoms with van der Waals surface area (Å²) in [6.07, 6.45) is 0.647. The predicted molar refractivity (Wildman–Crippen MR) is 101 cm³/mol. The van der Waals surface area contributed by atoms with E-state index in [-0.39, 0.29) is 12.5 Å². The third kappa shape index (κ3) is 4.99. The van der Waals surface area contributed by atoms with E-state index in [9.17, 15) is 4.79 Å². The molecule has 0 fully saturated rings. The summed E-state index contributed by atoms with van der Waals surface area (Å²) in [5.41, 5.74) is 5.10. The Balaban J connectivity index is 2.02. The SMILES string of the molecule is CC/C(=N/NC(=O)COc1ccccc1C)c1ccc(OC)c(OC)c1. The van der Waals surface area contributed by atoms with Crippen LogP contribution in [-0.4, -0.2) is 32.4 Å².